The SMILES string of the molecule is Cc1ccc(CN=C2CC[C@@H]3CC[C@H]2N3C)cc1. The lowest BCUT2D eigenvalue weighted by atomic mass is 10.0. The molecule has 2 heteroatoms. The Hall–Kier alpha value is -1.15. The highest BCUT2D eigenvalue weighted by molar-refractivity contribution is 5.90. The van der Waals surface area contributed by atoms with Crippen LogP contribution >= 0.6 is 0 Å². The van der Waals surface area contributed by atoms with Crippen LogP contribution in [0, 0.1) is 6.92 Å². The zero-order chi connectivity index (χ0) is 12.5. The van der Waals surface area contributed by atoms with E-state index in [9.17, 15) is 0 Å². The van der Waals surface area contributed by atoms with E-state index in [1.807, 2.05) is 0 Å². The highest BCUT2D eigenvalue weighted by atomic mass is 15.2. The second-order valence-electron chi connectivity index (χ2n) is 5.74. The Morgan fingerprint density at radius 1 is 1.17 bits per heavy atom. The lowest BCUT2D eigenvalue weighted by molar-refractivity contribution is 0.251. The Morgan fingerprint density at radius 2 is 1.94 bits per heavy atom. The average Bonchev–Trinajstić information content (AvgIpc) is 2.62. The smallest absolute Gasteiger partial charge is 0.0639 e. The third-order valence-electron chi connectivity index (χ3n) is 4.54. The van der Waals surface area contributed by atoms with Gasteiger partial charge < -0.3 is 0 Å². The summed E-state index contributed by atoms with van der Waals surface area (Å²) in [5.74, 6) is 0. The van der Waals surface area contributed by atoms with Crippen molar-refractivity contribution in [2.24, 2.45) is 4.99 Å². The third-order valence-corrected chi connectivity index (χ3v) is 4.54. The summed E-state index contributed by atoms with van der Waals surface area (Å²) >= 11 is 0. The first-order valence-electron chi connectivity index (χ1n) is 7.05. The minimum Gasteiger partial charge on any atom is -0.295 e. The molecule has 0 aromatic heterocycles. The molecule has 0 radical (unpaired) electrons. The second kappa shape index (κ2) is 4.85. The molecule has 0 saturated carbocycles. The van der Waals surface area contributed by atoms with Crippen LogP contribution in [-0.4, -0.2) is 29.7 Å². The van der Waals surface area contributed by atoms with Crippen LogP contribution in [0.15, 0.2) is 29.3 Å². The summed E-state index contributed by atoms with van der Waals surface area (Å²) in [6.07, 6.45) is 5.20. The van der Waals surface area contributed by atoms with Crippen molar-refractivity contribution >= 4 is 5.71 Å². The first-order valence-corrected chi connectivity index (χ1v) is 7.05. The Kier molecular flexibility index (Phi) is 3.21. The number of hydrogen-bond donors (Lipinski definition) is 0. The predicted molar refractivity (Wildman–Crippen MR) is 76.1 cm³/mol. The van der Waals surface area contributed by atoms with Gasteiger partial charge in [0.25, 0.3) is 0 Å². The van der Waals surface area contributed by atoms with Gasteiger partial charge in [0.2, 0.25) is 0 Å². The molecule has 2 saturated heterocycles. The molecule has 2 atom stereocenters. The zero-order valence-corrected chi connectivity index (χ0v) is 11.4. The van der Waals surface area contributed by atoms with Crippen molar-refractivity contribution in [1.82, 2.24) is 4.90 Å². The van der Waals surface area contributed by atoms with Gasteiger partial charge in [0, 0.05) is 17.8 Å². The van der Waals surface area contributed by atoms with E-state index in [-0.39, 0.29) is 0 Å². The summed E-state index contributed by atoms with van der Waals surface area (Å²) in [5, 5.41) is 0. The lowest BCUT2D eigenvalue weighted by Crippen LogP contribution is -2.42. The molecule has 2 nitrogen and oxygen atoms in total. The first-order chi connectivity index (χ1) is 8.74. The zero-order valence-electron chi connectivity index (χ0n) is 11.4. The van der Waals surface area contributed by atoms with Crippen LogP contribution in [0.25, 0.3) is 0 Å². The second-order valence-corrected chi connectivity index (χ2v) is 5.74. The van der Waals surface area contributed by atoms with Crippen molar-refractivity contribution in [1.29, 1.82) is 0 Å². The van der Waals surface area contributed by atoms with Gasteiger partial charge in [-0.25, -0.2) is 0 Å². The molecule has 2 aliphatic heterocycles. The number of aryl methyl sites for hydroxylation is 1. The van der Waals surface area contributed by atoms with E-state index in [0.717, 1.165) is 12.6 Å². The number of nitrogens with zero attached hydrogens (tertiary/aromatic N) is 2. The van der Waals surface area contributed by atoms with Gasteiger partial charge >= 0.3 is 0 Å². The van der Waals surface area contributed by atoms with E-state index >= 15 is 0 Å². The number of aliphatic imine (C=N–C) groups is 1. The molecule has 2 bridgehead atoms. The van der Waals surface area contributed by atoms with Gasteiger partial charge in [0.15, 0.2) is 0 Å². The van der Waals surface area contributed by atoms with Crippen molar-refractivity contribution < 1.29 is 0 Å². The monoisotopic (exact) mass is 242 g/mol. The molecular formula is C16H22N2. The van der Waals surface area contributed by atoms with E-state index in [4.69, 9.17) is 4.99 Å². The van der Waals surface area contributed by atoms with Gasteiger partial charge in [-0.2, -0.15) is 0 Å². The van der Waals surface area contributed by atoms with Crippen molar-refractivity contribution in [2.45, 2.75) is 51.2 Å². The molecule has 2 heterocycles. The summed E-state index contributed by atoms with van der Waals surface area (Å²) in [4.78, 5) is 7.43. The predicted octanol–water partition coefficient (Wildman–Crippen LogP) is 3.19. The van der Waals surface area contributed by atoms with Crippen LogP contribution < -0.4 is 0 Å². The van der Waals surface area contributed by atoms with Gasteiger partial charge in [-0.15, -0.1) is 0 Å². The molecule has 0 N–H and O–H groups in total. The first kappa shape index (κ1) is 11.9. The van der Waals surface area contributed by atoms with Crippen molar-refractivity contribution in [3.05, 3.63) is 35.4 Å². The van der Waals surface area contributed by atoms with Crippen molar-refractivity contribution in [3.8, 4) is 0 Å². The number of benzene rings is 1. The molecule has 0 spiro atoms. The minimum atomic E-state index is 0.634. The van der Waals surface area contributed by atoms with Gasteiger partial charge in [-0.1, -0.05) is 29.8 Å². The maximum absolute atomic E-state index is 4.89. The molecule has 2 aliphatic rings. The van der Waals surface area contributed by atoms with Crippen LogP contribution in [0.1, 0.15) is 36.8 Å². The third kappa shape index (κ3) is 2.22. The maximum atomic E-state index is 4.89. The van der Waals surface area contributed by atoms with Crippen molar-refractivity contribution in [3.63, 3.8) is 0 Å². The fourth-order valence-corrected chi connectivity index (χ4v) is 3.31. The maximum Gasteiger partial charge on any atom is 0.0639 e. The molecule has 1 aromatic carbocycles. The fraction of sp³-hybridized carbons (Fsp3) is 0.562. The Morgan fingerprint density at radius 3 is 2.72 bits per heavy atom. The number of hydrogen-bond acceptors (Lipinski definition) is 2. The lowest BCUT2D eigenvalue weighted by Gasteiger charge is -2.32. The Bertz CT molecular complexity index is 447. The summed E-state index contributed by atoms with van der Waals surface area (Å²) in [6, 6.07) is 10.2. The molecule has 0 amide bonds. The number of fused-ring (bicyclic) bond motifs is 2. The van der Waals surface area contributed by atoms with Crippen LogP contribution in [-0.2, 0) is 6.54 Å². The summed E-state index contributed by atoms with van der Waals surface area (Å²) in [5.41, 5.74) is 4.09. The van der Waals surface area contributed by atoms with Crippen LogP contribution in [0.2, 0.25) is 0 Å². The summed E-state index contributed by atoms with van der Waals surface area (Å²) in [6.45, 7) is 2.98. The Labute approximate surface area is 110 Å². The van der Waals surface area contributed by atoms with Gasteiger partial charge in [0.05, 0.1) is 6.54 Å². The minimum absolute atomic E-state index is 0.634. The van der Waals surface area contributed by atoms with Gasteiger partial charge in [-0.3, -0.25) is 9.89 Å². The Balaban J connectivity index is 1.71. The average molecular weight is 242 g/mol. The fourth-order valence-electron chi connectivity index (χ4n) is 3.31. The molecule has 18 heavy (non-hydrogen) atoms. The highest BCUT2D eigenvalue weighted by Gasteiger charge is 2.37. The quantitative estimate of drug-likeness (QED) is 0.777. The standard InChI is InChI=1S/C16H22N2/c1-12-3-5-13(6-4-12)11-17-15-9-7-14-8-10-16(15)18(14)2/h3-6,14,16H,7-11H2,1-2H3/t14-,16-/m1/s1. The largest absolute Gasteiger partial charge is 0.295 e. The molecular weight excluding hydrogens is 220 g/mol. The highest BCUT2D eigenvalue weighted by Crippen LogP contribution is 2.32. The molecule has 3 rings (SSSR count). The van der Waals surface area contributed by atoms with Crippen LogP contribution in [0.4, 0.5) is 0 Å². The number of piperidine rings is 1. The molecule has 0 aliphatic carbocycles. The van der Waals surface area contributed by atoms with E-state index < -0.39 is 0 Å². The summed E-state index contributed by atoms with van der Waals surface area (Å²) in [7, 11) is 2.27. The van der Waals surface area contributed by atoms with Crippen molar-refractivity contribution in [2.75, 3.05) is 7.05 Å². The number of rotatable bonds is 2. The molecule has 2 fully saturated rings. The topological polar surface area (TPSA) is 15.6 Å². The van der Waals surface area contributed by atoms with E-state index in [2.05, 4.69) is 43.1 Å². The summed E-state index contributed by atoms with van der Waals surface area (Å²) < 4.78 is 0. The van der Waals surface area contributed by atoms with Gasteiger partial charge in [-0.05, 0) is 45.2 Å². The van der Waals surface area contributed by atoms with Crippen LogP contribution in [0.5, 0.6) is 0 Å². The van der Waals surface area contributed by atoms with E-state index in [0.29, 0.717) is 6.04 Å². The van der Waals surface area contributed by atoms with E-state index in [1.54, 1.807) is 0 Å². The molecule has 96 valence electrons. The molecule has 0 unspecified atom stereocenters. The van der Waals surface area contributed by atoms with E-state index in [1.165, 1.54) is 42.5 Å². The van der Waals surface area contributed by atoms with Crippen LogP contribution in [0.3, 0.4) is 0 Å². The van der Waals surface area contributed by atoms with Gasteiger partial charge in [0.1, 0.15) is 0 Å². The normalized spacial score (nSPS) is 30.0. The molecule has 1 aromatic rings.